The molecular formula is C11H10N2O2S2. The topological polar surface area (TPSA) is 76.9 Å². The minimum absolute atomic E-state index is 0.0615. The van der Waals surface area contributed by atoms with Gasteiger partial charge in [-0.25, -0.2) is 0 Å². The minimum atomic E-state index is -0.392. The lowest BCUT2D eigenvalue weighted by Crippen LogP contribution is -2.02. The minimum Gasteiger partial charge on any atom is -0.506 e. The molecule has 2 aromatic rings. The van der Waals surface area contributed by atoms with E-state index in [2.05, 4.69) is 18.0 Å². The maximum absolute atomic E-state index is 11.3. The van der Waals surface area contributed by atoms with Crippen molar-refractivity contribution in [3.05, 3.63) is 22.0 Å². The molecule has 0 saturated carbocycles. The number of nitrogens with zero attached hydrogens (tertiary/aromatic N) is 1. The SMILES string of the molecule is CCCSc1sc2c(O)cc(=O)[nH]c2c1C#N. The molecule has 6 heteroatoms. The average molecular weight is 266 g/mol. The number of hydrogen-bond acceptors (Lipinski definition) is 5. The second-order valence-electron chi connectivity index (χ2n) is 3.45. The molecule has 88 valence electrons. The Bertz CT molecular complexity index is 652. The maximum atomic E-state index is 11.3. The van der Waals surface area contributed by atoms with Gasteiger partial charge in [-0.2, -0.15) is 5.26 Å². The molecule has 0 aliphatic rings. The predicted octanol–water partition coefficient (Wildman–Crippen LogP) is 2.67. The van der Waals surface area contributed by atoms with Gasteiger partial charge in [0.25, 0.3) is 5.56 Å². The number of fused-ring (bicyclic) bond motifs is 1. The fraction of sp³-hybridized carbons (Fsp3) is 0.273. The van der Waals surface area contributed by atoms with E-state index >= 15 is 0 Å². The lowest BCUT2D eigenvalue weighted by atomic mass is 10.3. The molecule has 0 aliphatic heterocycles. The van der Waals surface area contributed by atoms with Crippen molar-refractivity contribution in [1.82, 2.24) is 4.98 Å². The van der Waals surface area contributed by atoms with Gasteiger partial charge in [-0.15, -0.1) is 23.1 Å². The van der Waals surface area contributed by atoms with Gasteiger partial charge in [-0.05, 0) is 12.2 Å². The van der Waals surface area contributed by atoms with Gasteiger partial charge in [0.05, 0.1) is 14.4 Å². The zero-order chi connectivity index (χ0) is 12.4. The Labute approximate surface area is 106 Å². The summed E-state index contributed by atoms with van der Waals surface area (Å²) in [6.07, 6.45) is 1.01. The molecule has 4 nitrogen and oxygen atoms in total. The van der Waals surface area contributed by atoms with Crippen LogP contribution in [0.25, 0.3) is 10.2 Å². The number of H-pyrrole nitrogens is 1. The number of hydrogen-bond donors (Lipinski definition) is 2. The summed E-state index contributed by atoms with van der Waals surface area (Å²) in [6, 6.07) is 3.22. The first-order chi connectivity index (χ1) is 8.17. The molecule has 0 atom stereocenters. The Hall–Kier alpha value is -1.45. The van der Waals surface area contributed by atoms with Gasteiger partial charge in [0.2, 0.25) is 0 Å². The number of nitriles is 1. The van der Waals surface area contributed by atoms with Gasteiger partial charge in [-0.1, -0.05) is 6.92 Å². The fourth-order valence-corrected chi connectivity index (χ4v) is 3.73. The Morgan fingerprint density at radius 2 is 2.41 bits per heavy atom. The number of thiophene rings is 1. The van der Waals surface area contributed by atoms with E-state index in [-0.39, 0.29) is 5.75 Å². The van der Waals surface area contributed by atoms with Crippen molar-refractivity contribution in [2.45, 2.75) is 17.6 Å². The third-order valence-electron chi connectivity index (χ3n) is 2.17. The number of aromatic hydroxyl groups is 1. The summed E-state index contributed by atoms with van der Waals surface area (Å²) in [5, 5.41) is 18.8. The maximum Gasteiger partial charge on any atom is 0.252 e. The van der Waals surface area contributed by atoms with E-state index in [1.54, 1.807) is 11.8 Å². The van der Waals surface area contributed by atoms with Crippen LogP contribution in [0.3, 0.4) is 0 Å². The molecule has 0 unspecified atom stereocenters. The van der Waals surface area contributed by atoms with Crippen molar-refractivity contribution in [2.24, 2.45) is 0 Å². The van der Waals surface area contributed by atoms with Gasteiger partial charge in [0, 0.05) is 6.07 Å². The van der Waals surface area contributed by atoms with E-state index in [1.807, 2.05) is 0 Å². The van der Waals surface area contributed by atoms with E-state index in [0.717, 1.165) is 22.4 Å². The van der Waals surface area contributed by atoms with Gasteiger partial charge in [0.1, 0.15) is 17.4 Å². The predicted molar refractivity (Wildman–Crippen MR) is 69.8 cm³/mol. The Balaban J connectivity index is 2.67. The largest absolute Gasteiger partial charge is 0.506 e. The molecule has 0 spiro atoms. The number of nitrogens with one attached hydrogen (secondary N) is 1. The molecule has 0 fully saturated rings. The first-order valence-corrected chi connectivity index (χ1v) is 6.89. The van der Waals surface area contributed by atoms with E-state index in [0.29, 0.717) is 15.8 Å². The van der Waals surface area contributed by atoms with E-state index in [1.165, 1.54) is 11.3 Å². The van der Waals surface area contributed by atoms with Crippen molar-refractivity contribution in [3.63, 3.8) is 0 Å². The molecule has 0 bridgehead atoms. The van der Waals surface area contributed by atoms with Gasteiger partial charge < -0.3 is 10.1 Å². The summed E-state index contributed by atoms with van der Waals surface area (Å²) < 4.78 is 1.42. The lowest BCUT2D eigenvalue weighted by molar-refractivity contribution is 0.481. The highest BCUT2D eigenvalue weighted by Crippen LogP contribution is 2.39. The molecular weight excluding hydrogens is 256 g/mol. The number of rotatable bonds is 3. The highest BCUT2D eigenvalue weighted by atomic mass is 32.2. The summed E-state index contributed by atoms with van der Waals surface area (Å²) in [4.78, 5) is 13.9. The van der Waals surface area contributed by atoms with E-state index in [4.69, 9.17) is 5.26 Å². The Morgan fingerprint density at radius 3 is 3.06 bits per heavy atom. The zero-order valence-corrected chi connectivity index (χ0v) is 10.7. The van der Waals surface area contributed by atoms with Crippen LogP contribution in [-0.2, 0) is 0 Å². The third kappa shape index (κ3) is 2.16. The van der Waals surface area contributed by atoms with Gasteiger partial charge >= 0.3 is 0 Å². The molecule has 0 aromatic carbocycles. The molecule has 0 amide bonds. The molecule has 0 radical (unpaired) electrons. The average Bonchev–Trinajstić information content (AvgIpc) is 2.64. The molecule has 17 heavy (non-hydrogen) atoms. The standard InChI is InChI=1S/C11H10N2O2S2/c1-2-3-16-11-6(5-12)9-10(17-11)7(14)4-8(15)13-9/h4H,2-3H2,1H3,(H2,13,14,15). The molecule has 2 N–H and O–H groups in total. The summed E-state index contributed by atoms with van der Waals surface area (Å²) in [6.45, 7) is 2.06. The highest BCUT2D eigenvalue weighted by molar-refractivity contribution is 8.01. The third-order valence-corrected chi connectivity index (χ3v) is 4.86. The molecule has 0 aliphatic carbocycles. The summed E-state index contributed by atoms with van der Waals surface area (Å²) in [5.74, 6) is 0.848. The van der Waals surface area contributed by atoms with Crippen molar-refractivity contribution >= 4 is 33.3 Å². The first-order valence-electron chi connectivity index (χ1n) is 5.09. The van der Waals surface area contributed by atoms with Crippen LogP contribution < -0.4 is 5.56 Å². The second kappa shape index (κ2) is 4.82. The highest BCUT2D eigenvalue weighted by Gasteiger charge is 2.15. The van der Waals surface area contributed by atoms with E-state index < -0.39 is 5.56 Å². The van der Waals surface area contributed by atoms with Crippen LogP contribution in [0.2, 0.25) is 0 Å². The summed E-state index contributed by atoms with van der Waals surface area (Å²) >= 11 is 2.92. The van der Waals surface area contributed by atoms with Crippen LogP contribution in [0.4, 0.5) is 0 Å². The number of thioether (sulfide) groups is 1. The number of aromatic amines is 1. The van der Waals surface area contributed by atoms with Crippen LogP contribution in [-0.4, -0.2) is 15.8 Å². The quantitative estimate of drug-likeness (QED) is 0.837. The Morgan fingerprint density at radius 1 is 1.65 bits per heavy atom. The smallest absolute Gasteiger partial charge is 0.252 e. The second-order valence-corrected chi connectivity index (χ2v) is 5.83. The Kier molecular flexibility index (Phi) is 3.41. The van der Waals surface area contributed by atoms with Crippen LogP contribution in [0.15, 0.2) is 15.1 Å². The van der Waals surface area contributed by atoms with Crippen LogP contribution in [0.5, 0.6) is 5.75 Å². The molecule has 2 aromatic heterocycles. The molecule has 0 saturated heterocycles. The molecule has 2 rings (SSSR count). The normalized spacial score (nSPS) is 10.6. The van der Waals surface area contributed by atoms with E-state index in [9.17, 15) is 9.90 Å². The molecule has 2 heterocycles. The van der Waals surface area contributed by atoms with Crippen LogP contribution in [0.1, 0.15) is 18.9 Å². The number of pyridine rings is 1. The zero-order valence-electron chi connectivity index (χ0n) is 9.11. The monoisotopic (exact) mass is 266 g/mol. The van der Waals surface area contributed by atoms with Crippen LogP contribution >= 0.6 is 23.1 Å². The summed E-state index contributed by atoms with van der Waals surface area (Å²) in [5.41, 5.74) is 0.508. The first kappa shape index (κ1) is 12.0. The lowest BCUT2D eigenvalue weighted by Gasteiger charge is -1.94. The number of aromatic nitrogens is 1. The van der Waals surface area contributed by atoms with Crippen molar-refractivity contribution < 1.29 is 5.11 Å². The van der Waals surface area contributed by atoms with Crippen molar-refractivity contribution in [1.29, 1.82) is 5.26 Å². The fourth-order valence-electron chi connectivity index (χ4n) is 1.46. The van der Waals surface area contributed by atoms with Crippen molar-refractivity contribution in [3.8, 4) is 11.8 Å². The summed E-state index contributed by atoms with van der Waals surface area (Å²) in [7, 11) is 0. The van der Waals surface area contributed by atoms with Gasteiger partial charge in [-0.3, -0.25) is 4.79 Å². The van der Waals surface area contributed by atoms with Crippen LogP contribution in [0, 0.1) is 11.3 Å². The van der Waals surface area contributed by atoms with Crippen molar-refractivity contribution in [2.75, 3.05) is 5.75 Å². The van der Waals surface area contributed by atoms with Gasteiger partial charge in [0.15, 0.2) is 0 Å².